The summed E-state index contributed by atoms with van der Waals surface area (Å²) in [6.07, 6.45) is 6.83. The van der Waals surface area contributed by atoms with Gasteiger partial charge in [-0.25, -0.2) is 8.42 Å². The van der Waals surface area contributed by atoms with Crippen LogP contribution in [0.5, 0.6) is 0 Å². The van der Waals surface area contributed by atoms with Gasteiger partial charge in [0, 0.05) is 32.7 Å². The molecule has 0 amide bonds. The van der Waals surface area contributed by atoms with Crippen LogP contribution < -0.4 is 0 Å². The van der Waals surface area contributed by atoms with Gasteiger partial charge >= 0.3 is 0 Å². The Balaban J connectivity index is 1.90. The van der Waals surface area contributed by atoms with Crippen LogP contribution >= 0.6 is 0 Å². The molecule has 2 aliphatic rings. The number of aryl methyl sites for hydroxylation is 1. The number of hydrogen-bond donors (Lipinski definition) is 0. The van der Waals surface area contributed by atoms with Gasteiger partial charge in [0.2, 0.25) is 10.0 Å². The van der Waals surface area contributed by atoms with E-state index < -0.39 is 10.0 Å². The van der Waals surface area contributed by atoms with Crippen molar-refractivity contribution in [3.8, 4) is 0 Å². The van der Waals surface area contributed by atoms with Crippen molar-refractivity contribution in [3.63, 3.8) is 0 Å². The van der Waals surface area contributed by atoms with Gasteiger partial charge in [-0.2, -0.15) is 9.40 Å². The quantitative estimate of drug-likeness (QED) is 0.847. The lowest BCUT2D eigenvalue weighted by molar-refractivity contribution is -0.0184. The largest absolute Gasteiger partial charge is 0.381 e. The lowest BCUT2D eigenvalue weighted by Crippen LogP contribution is -2.49. The third-order valence-electron chi connectivity index (χ3n) is 5.49. The molecule has 0 bridgehead atoms. The van der Waals surface area contributed by atoms with Crippen LogP contribution in [0.3, 0.4) is 0 Å². The summed E-state index contributed by atoms with van der Waals surface area (Å²) >= 11 is 0. The van der Waals surface area contributed by atoms with Crippen molar-refractivity contribution in [2.24, 2.45) is 12.5 Å². The van der Waals surface area contributed by atoms with Gasteiger partial charge in [-0.1, -0.05) is 6.42 Å². The molecule has 1 spiro atoms. The van der Waals surface area contributed by atoms with Gasteiger partial charge in [0.05, 0.1) is 18.0 Å². The third kappa shape index (κ3) is 2.39. The average molecular weight is 327 g/mol. The lowest BCUT2D eigenvalue weighted by atomic mass is 9.77. The van der Waals surface area contributed by atoms with Crippen LogP contribution in [-0.2, 0) is 21.8 Å². The minimum atomic E-state index is -3.47. The Morgan fingerprint density at radius 1 is 1.36 bits per heavy atom. The minimum absolute atomic E-state index is 0.00379. The first-order valence-corrected chi connectivity index (χ1v) is 9.36. The van der Waals surface area contributed by atoms with E-state index in [2.05, 4.69) is 5.10 Å². The number of aromatic nitrogens is 2. The molecule has 2 heterocycles. The van der Waals surface area contributed by atoms with Crippen molar-refractivity contribution >= 4 is 10.0 Å². The Labute approximate surface area is 132 Å². The van der Waals surface area contributed by atoms with Crippen molar-refractivity contribution in [2.75, 3.05) is 20.2 Å². The van der Waals surface area contributed by atoms with E-state index in [0.29, 0.717) is 23.7 Å². The normalized spacial score (nSPS) is 30.2. The van der Waals surface area contributed by atoms with Gasteiger partial charge in [-0.05, 0) is 32.6 Å². The van der Waals surface area contributed by atoms with Crippen LogP contribution in [0.2, 0.25) is 0 Å². The monoisotopic (exact) mass is 327 g/mol. The van der Waals surface area contributed by atoms with E-state index in [1.165, 1.54) is 6.20 Å². The molecule has 1 aliphatic carbocycles. The fraction of sp³-hybridized carbons (Fsp3) is 0.800. The van der Waals surface area contributed by atoms with Gasteiger partial charge in [-0.3, -0.25) is 4.68 Å². The summed E-state index contributed by atoms with van der Waals surface area (Å²) < 4.78 is 34.9. The van der Waals surface area contributed by atoms with Crippen LogP contribution in [-0.4, -0.2) is 48.8 Å². The zero-order valence-electron chi connectivity index (χ0n) is 13.6. The SMILES string of the molecule is CO[C@@H]1CCC[C@@]12CCCN(S(=O)(=O)c1cnn(C)c1C)C2. The predicted octanol–water partition coefficient (Wildman–Crippen LogP) is 1.70. The highest BCUT2D eigenvalue weighted by molar-refractivity contribution is 7.89. The maximum atomic E-state index is 13.0. The van der Waals surface area contributed by atoms with E-state index in [4.69, 9.17) is 4.74 Å². The maximum absolute atomic E-state index is 13.0. The smallest absolute Gasteiger partial charge is 0.246 e. The topological polar surface area (TPSA) is 64.4 Å². The van der Waals surface area contributed by atoms with Gasteiger partial charge in [0.1, 0.15) is 4.90 Å². The maximum Gasteiger partial charge on any atom is 0.246 e. The van der Waals surface area contributed by atoms with E-state index in [1.54, 1.807) is 30.1 Å². The number of nitrogens with zero attached hydrogens (tertiary/aromatic N) is 3. The van der Waals surface area contributed by atoms with Crippen LogP contribution in [0.4, 0.5) is 0 Å². The molecule has 1 saturated heterocycles. The van der Waals surface area contributed by atoms with Gasteiger partial charge < -0.3 is 4.74 Å². The second-order valence-electron chi connectivity index (χ2n) is 6.64. The van der Waals surface area contributed by atoms with Crippen LogP contribution in [0.25, 0.3) is 0 Å². The summed E-state index contributed by atoms with van der Waals surface area (Å²) in [4.78, 5) is 0.332. The third-order valence-corrected chi connectivity index (χ3v) is 7.44. The Hall–Kier alpha value is -0.920. The highest BCUT2D eigenvalue weighted by Crippen LogP contribution is 2.47. The van der Waals surface area contributed by atoms with Crippen LogP contribution in [0, 0.1) is 12.3 Å². The molecule has 1 aromatic heterocycles. The summed E-state index contributed by atoms with van der Waals surface area (Å²) in [7, 11) is 0.0418. The number of hydrogen-bond acceptors (Lipinski definition) is 4. The minimum Gasteiger partial charge on any atom is -0.381 e. The van der Waals surface area contributed by atoms with E-state index in [0.717, 1.165) is 32.1 Å². The van der Waals surface area contributed by atoms with Crippen molar-refractivity contribution in [1.82, 2.24) is 14.1 Å². The van der Waals surface area contributed by atoms with Gasteiger partial charge in [0.25, 0.3) is 0 Å². The molecule has 1 aliphatic heterocycles. The molecule has 2 fully saturated rings. The van der Waals surface area contributed by atoms with Crippen molar-refractivity contribution < 1.29 is 13.2 Å². The molecule has 124 valence electrons. The van der Waals surface area contributed by atoms with Crippen molar-refractivity contribution in [2.45, 2.75) is 50.0 Å². The van der Waals surface area contributed by atoms with E-state index in [-0.39, 0.29) is 11.5 Å². The molecular weight excluding hydrogens is 302 g/mol. The molecular formula is C15H25N3O3S. The predicted molar refractivity (Wildman–Crippen MR) is 83.0 cm³/mol. The van der Waals surface area contributed by atoms with Crippen LogP contribution in [0.1, 0.15) is 37.8 Å². The molecule has 7 heteroatoms. The Morgan fingerprint density at radius 2 is 2.09 bits per heavy atom. The summed E-state index contributed by atoms with van der Waals surface area (Å²) in [6.45, 7) is 2.96. The summed E-state index contributed by atoms with van der Waals surface area (Å²) in [5, 5.41) is 4.08. The zero-order valence-corrected chi connectivity index (χ0v) is 14.4. The molecule has 22 heavy (non-hydrogen) atoms. The molecule has 0 unspecified atom stereocenters. The number of rotatable bonds is 3. The summed E-state index contributed by atoms with van der Waals surface area (Å²) in [5.41, 5.74) is 0.685. The first-order chi connectivity index (χ1) is 10.4. The summed E-state index contributed by atoms with van der Waals surface area (Å²) in [5.74, 6) is 0. The van der Waals surface area contributed by atoms with Crippen molar-refractivity contribution in [1.29, 1.82) is 0 Å². The Morgan fingerprint density at radius 3 is 2.73 bits per heavy atom. The second-order valence-corrected chi connectivity index (χ2v) is 8.55. The molecule has 0 radical (unpaired) electrons. The Bertz CT molecular complexity index is 655. The molecule has 1 saturated carbocycles. The molecule has 0 N–H and O–H groups in total. The number of ether oxygens (including phenoxy) is 1. The lowest BCUT2D eigenvalue weighted by Gasteiger charge is -2.42. The zero-order chi connectivity index (χ0) is 16.0. The first-order valence-electron chi connectivity index (χ1n) is 7.92. The van der Waals surface area contributed by atoms with Crippen LogP contribution in [0.15, 0.2) is 11.1 Å². The fourth-order valence-electron chi connectivity index (χ4n) is 4.13. The Kier molecular flexibility index (Phi) is 4.07. The van der Waals surface area contributed by atoms with E-state index in [9.17, 15) is 8.42 Å². The number of piperidine rings is 1. The number of sulfonamides is 1. The molecule has 6 nitrogen and oxygen atoms in total. The molecule has 3 rings (SSSR count). The molecule has 2 atom stereocenters. The van der Waals surface area contributed by atoms with Gasteiger partial charge in [-0.15, -0.1) is 0 Å². The first kappa shape index (κ1) is 16.0. The van der Waals surface area contributed by atoms with E-state index in [1.807, 2.05) is 0 Å². The second kappa shape index (κ2) is 5.62. The average Bonchev–Trinajstić information content (AvgIpc) is 3.04. The summed E-state index contributed by atoms with van der Waals surface area (Å²) in [6, 6.07) is 0. The number of methoxy groups -OCH3 is 1. The highest BCUT2D eigenvalue weighted by Gasteiger charge is 2.48. The van der Waals surface area contributed by atoms with E-state index >= 15 is 0 Å². The fourth-order valence-corrected chi connectivity index (χ4v) is 5.89. The van der Waals surface area contributed by atoms with Gasteiger partial charge in [0.15, 0.2) is 0 Å². The van der Waals surface area contributed by atoms with Crippen molar-refractivity contribution in [3.05, 3.63) is 11.9 Å². The molecule has 0 aromatic carbocycles. The molecule has 1 aromatic rings. The highest BCUT2D eigenvalue weighted by atomic mass is 32.2. The standard InChI is InChI=1S/C15H25N3O3S/c1-12-13(10-16-17(12)2)22(19,20)18-9-5-8-15(11-18)7-4-6-14(15)21-3/h10,14H,4-9,11H2,1-3H3/t14-,15+/m1/s1.